The molecule has 0 aliphatic heterocycles. The average Bonchev–Trinajstić information content (AvgIpc) is 3.22. The zero-order valence-corrected chi connectivity index (χ0v) is 13.8. The van der Waals surface area contributed by atoms with Crippen molar-refractivity contribution >= 4 is 17.5 Å². The van der Waals surface area contributed by atoms with E-state index in [2.05, 4.69) is 10.6 Å². The highest BCUT2D eigenvalue weighted by molar-refractivity contribution is 5.99. The summed E-state index contributed by atoms with van der Waals surface area (Å²) in [4.78, 5) is 26.2. The average molecular weight is 303 g/mol. The number of carbonyl (C=O) groups excluding carboxylic acids is 2. The topological polar surface area (TPSA) is 61.4 Å². The van der Waals surface area contributed by atoms with Crippen molar-refractivity contribution in [1.29, 1.82) is 0 Å². The fourth-order valence-corrected chi connectivity index (χ4v) is 2.49. The lowest BCUT2D eigenvalue weighted by atomic mass is 10.1. The summed E-state index contributed by atoms with van der Waals surface area (Å²) in [6.07, 6.45) is 0.643. The van der Waals surface area contributed by atoms with Crippen molar-refractivity contribution in [2.24, 2.45) is 11.8 Å². The molecule has 2 N–H and O–H groups in total. The lowest BCUT2D eigenvalue weighted by molar-refractivity contribution is -0.125. The Morgan fingerprint density at radius 3 is 2.50 bits per heavy atom. The fraction of sp³-hybridized carbons (Fsp3) is 0.529. The molecule has 0 saturated heterocycles. The van der Waals surface area contributed by atoms with Crippen LogP contribution in [-0.2, 0) is 9.59 Å². The number of benzene rings is 1. The van der Waals surface area contributed by atoms with E-state index in [0.717, 1.165) is 17.8 Å². The highest BCUT2D eigenvalue weighted by Crippen LogP contribution is 2.39. The largest absolute Gasteiger partial charge is 0.355 e. The first kappa shape index (κ1) is 16.5. The van der Waals surface area contributed by atoms with Crippen LogP contribution in [0, 0.1) is 25.7 Å². The summed E-state index contributed by atoms with van der Waals surface area (Å²) in [5, 5.41) is 5.81. The van der Waals surface area contributed by atoms with Gasteiger partial charge in [0.1, 0.15) is 0 Å². The van der Waals surface area contributed by atoms with Gasteiger partial charge in [-0.1, -0.05) is 17.7 Å². The van der Waals surface area contributed by atoms with Crippen LogP contribution >= 0.6 is 0 Å². The molecule has 120 valence electrons. The number of hydrogen-bond donors (Lipinski definition) is 2. The first-order valence-corrected chi connectivity index (χ1v) is 7.69. The van der Waals surface area contributed by atoms with Crippen LogP contribution in [0.2, 0.25) is 0 Å². The number of rotatable bonds is 6. The number of amides is 2. The van der Waals surface area contributed by atoms with Crippen molar-refractivity contribution in [3.8, 4) is 0 Å². The molecule has 22 heavy (non-hydrogen) atoms. The van der Waals surface area contributed by atoms with Crippen LogP contribution in [0.5, 0.6) is 0 Å². The Morgan fingerprint density at radius 2 is 1.86 bits per heavy atom. The van der Waals surface area contributed by atoms with E-state index < -0.39 is 0 Å². The Labute approximate surface area is 132 Å². The predicted molar refractivity (Wildman–Crippen MR) is 87.7 cm³/mol. The highest BCUT2D eigenvalue weighted by atomic mass is 16.2. The maximum atomic E-state index is 12.2. The van der Waals surface area contributed by atoms with Gasteiger partial charge in [-0.15, -0.1) is 0 Å². The molecule has 1 aliphatic carbocycles. The van der Waals surface area contributed by atoms with E-state index in [4.69, 9.17) is 0 Å². The molecule has 2 rings (SSSR count). The first-order valence-electron chi connectivity index (χ1n) is 7.69. The zero-order valence-electron chi connectivity index (χ0n) is 13.8. The molecule has 0 radical (unpaired) electrons. The number of carbonyl (C=O) groups is 2. The number of nitrogens with zero attached hydrogens (tertiary/aromatic N) is 1. The molecule has 0 heterocycles. The van der Waals surface area contributed by atoms with Crippen LogP contribution in [0.25, 0.3) is 0 Å². The third-order valence-corrected chi connectivity index (χ3v) is 3.96. The van der Waals surface area contributed by atoms with Crippen molar-refractivity contribution in [3.05, 3.63) is 29.3 Å². The smallest absolute Gasteiger partial charge is 0.228 e. The van der Waals surface area contributed by atoms with E-state index in [1.165, 1.54) is 5.56 Å². The van der Waals surface area contributed by atoms with Crippen molar-refractivity contribution < 1.29 is 9.59 Å². The Kier molecular flexibility index (Phi) is 5.19. The summed E-state index contributed by atoms with van der Waals surface area (Å²) in [7, 11) is 3.92. The van der Waals surface area contributed by atoms with E-state index in [1.807, 2.05) is 51.0 Å². The van der Waals surface area contributed by atoms with Crippen LogP contribution in [0.1, 0.15) is 17.5 Å². The van der Waals surface area contributed by atoms with Crippen LogP contribution in [0.4, 0.5) is 5.69 Å². The number of aryl methyl sites for hydroxylation is 2. The second-order valence-corrected chi connectivity index (χ2v) is 6.35. The lowest BCUT2D eigenvalue weighted by Crippen LogP contribution is -2.33. The van der Waals surface area contributed by atoms with Gasteiger partial charge in [0, 0.05) is 18.8 Å². The number of anilines is 1. The number of nitrogens with one attached hydrogen (secondary N) is 2. The molecule has 1 aromatic rings. The molecule has 2 amide bonds. The van der Waals surface area contributed by atoms with Gasteiger partial charge in [-0.05, 0) is 46.0 Å². The minimum atomic E-state index is -0.194. The van der Waals surface area contributed by atoms with Crippen LogP contribution in [0.3, 0.4) is 0 Å². The molecule has 5 nitrogen and oxygen atoms in total. The van der Waals surface area contributed by atoms with Crippen LogP contribution < -0.4 is 10.6 Å². The Balaban J connectivity index is 1.81. The van der Waals surface area contributed by atoms with Gasteiger partial charge in [0.15, 0.2) is 0 Å². The van der Waals surface area contributed by atoms with Gasteiger partial charge in [-0.25, -0.2) is 0 Å². The number of hydrogen-bond acceptors (Lipinski definition) is 3. The highest BCUT2D eigenvalue weighted by Gasteiger charge is 2.47. The van der Waals surface area contributed by atoms with Gasteiger partial charge in [0.25, 0.3) is 0 Å². The summed E-state index contributed by atoms with van der Waals surface area (Å²) < 4.78 is 0. The molecular formula is C17H25N3O2. The molecule has 2 atom stereocenters. The molecule has 1 aliphatic rings. The molecule has 2 unspecified atom stereocenters. The Bertz CT molecular complexity index is 569. The summed E-state index contributed by atoms with van der Waals surface area (Å²) >= 11 is 0. The van der Waals surface area contributed by atoms with Crippen molar-refractivity contribution in [2.45, 2.75) is 20.3 Å². The van der Waals surface area contributed by atoms with Gasteiger partial charge in [-0.2, -0.15) is 0 Å². The second kappa shape index (κ2) is 6.92. The SMILES string of the molecule is Cc1ccc(NC(=O)C2CC2C(=O)NCCN(C)C)c(C)c1. The van der Waals surface area contributed by atoms with E-state index in [-0.39, 0.29) is 23.7 Å². The Morgan fingerprint density at radius 1 is 1.18 bits per heavy atom. The molecule has 5 heteroatoms. The van der Waals surface area contributed by atoms with E-state index >= 15 is 0 Å². The monoisotopic (exact) mass is 303 g/mol. The van der Waals surface area contributed by atoms with E-state index in [9.17, 15) is 9.59 Å². The van der Waals surface area contributed by atoms with Gasteiger partial charge in [0.05, 0.1) is 11.8 Å². The standard InChI is InChI=1S/C17H25N3O2/c1-11-5-6-15(12(2)9-11)19-17(22)14-10-13(14)16(21)18-7-8-20(3)4/h5-6,9,13-14H,7-8,10H2,1-4H3,(H,18,21)(H,19,22). The predicted octanol–water partition coefficient (Wildman–Crippen LogP) is 1.56. The summed E-state index contributed by atoms with van der Waals surface area (Å²) in [5.41, 5.74) is 3.04. The minimum Gasteiger partial charge on any atom is -0.355 e. The Hall–Kier alpha value is -1.88. The molecule has 1 aromatic carbocycles. The van der Waals surface area contributed by atoms with E-state index in [0.29, 0.717) is 13.0 Å². The maximum absolute atomic E-state index is 12.2. The maximum Gasteiger partial charge on any atom is 0.228 e. The van der Waals surface area contributed by atoms with E-state index in [1.54, 1.807) is 0 Å². The molecule has 0 spiro atoms. The zero-order chi connectivity index (χ0) is 16.3. The van der Waals surface area contributed by atoms with Gasteiger partial charge in [-0.3, -0.25) is 9.59 Å². The second-order valence-electron chi connectivity index (χ2n) is 6.35. The van der Waals surface area contributed by atoms with Crippen molar-refractivity contribution in [1.82, 2.24) is 10.2 Å². The summed E-state index contributed by atoms with van der Waals surface area (Å²) in [6.45, 7) is 5.42. The number of likely N-dealkylation sites (N-methyl/N-ethyl adjacent to an activating group) is 1. The normalized spacial score (nSPS) is 19.9. The molecule has 1 fully saturated rings. The van der Waals surface area contributed by atoms with Gasteiger partial charge < -0.3 is 15.5 Å². The lowest BCUT2D eigenvalue weighted by Gasteiger charge is -2.11. The minimum absolute atomic E-state index is 0.0115. The van der Waals surface area contributed by atoms with Gasteiger partial charge >= 0.3 is 0 Å². The summed E-state index contributed by atoms with van der Waals surface area (Å²) in [6, 6.07) is 5.92. The van der Waals surface area contributed by atoms with Gasteiger partial charge in [0.2, 0.25) is 11.8 Å². The summed E-state index contributed by atoms with van der Waals surface area (Å²) in [5.74, 6) is -0.435. The molecular weight excluding hydrogens is 278 g/mol. The van der Waals surface area contributed by atoms with Crippen molar-refractivity contribution in [3.63, 3.8) is 0 Å². The van der Waals surface area contributed by atoms with Crippen LogP contribution in [0.15, 0.2) is 18.2 Å². The fourth-order valence-electron chi connectivity index (χ4n) is 2.49. The third-order valence-electron chi connectivity index (χ3n) is 3.96. The first-order chi connectivity index (χ1) is 10.4. The van der Waals surface area contributed by atoms with Crippen molar-refractivity contribution in [2.75, 3.05) is 32.5 Å². The van der Waals surface area contributed by atoms with Crippen LogP contribution in [-0.4, -0.2) is 43.9 Å². The quantitative estimate of drug-likeness (QED) is 0.838. The molecule has 0 aromatic heterocycles. The third kappa shape index (κ3) is 4.31. The molecule has 1 saturated carbocycles. The molecule has 0 bridgehead atoms.